The monoisotopic (exact) mass is 193 g/mol. The summed E-state index contributed by atoms with van der Waals surface area (Å²) >= 11 is 0. The van der Waals surface area contributed by atoms with Crippen molar-refractivity contribution in [2.75, 3.05) is 23.7 Å². The fourth-order valence-corrected chi connectivity index (χ4v) is 1.14. The van der Waals surface area contributed by atoms with Gasteiger partial charge in [0.25, 0.3) is 0 Å². The molecule has 1 aromatic rings. The second kappa shape index (κ2) is 5.47. The molecule has 14 heavy (non-hydrogen) atoms. The topological polar surface area (TPSA) is 37.0 Å². The third kappa shape index (κ3) is 3.64. The van der Waals surface area contributed by atoms with Gasteiger partial charge in [-0.15, -0.1) is 0 Å². The molecule has 0 amide bonds. The zero-order chi connectivity index (χ0) is 10.4. The van der Waals surface area contributed by atoms with Crippen molar-refractivity contribution in [1.29, 1.82) is 0 Å². The van der Waals surface area contributed by atoms with E-state index in [1.165, 1.54) is 0 Å². The van der Waals surface area contributed by atoms with Crippen LogP contribution >= 0.6 is 0 Å². The maximum Gasteiger partial charge on any atom is 0.127 e. The Morgan fingerprint density at radius 2 is 2.14 bits per heavy atom. The molecule has 0 radical (unpaired) electrons. The average Bonchev–Trinajstić information content (AvgIpc) is 2.16. The zero-order valence-electron chi connectivity index (χ0n) is 9.17. The maximum absolute atomic E-state index is 4.21. The van der Waals surface area contributed by atoms with Crippen LogP contribution in [-0.4, -0.2) is 18.1 Å². The minimum Gasteiger partial charge on any atom is -0.385 e. The first kappa shape index (κ1) is 10.8. The van der Waals surface area contributed by atoms with Gasteiger partial charge in [-0.2, -0.15) is 0 Å². The molecule has 0 unspecified atom stereocenters. The first-order valence-corrected chi connectivity index (χ1v) is 5.16. The highest BCUT2D eigenvalue weighted by molar-refractivity contribution is 5.51. The molecule has 0 aliphatic rings. The van der Waals surface area contributed by atoms with E-state index in [-0.39, 0.29) is 0 Å². The van der Waals surface area contributed by atoms with Crippen LogP contribution in [0.25, 0.3) is 0 Å². The van der Waals surface area contributed by atoms with E-state index >= 15 is 0 Å². The normalized spacial score (nSPS) is 10.3. The molecule has 3 heteroatoms. The Balaban J connectivity index is 2.54. The highest BCUT2D eigenvalue weighted by Gasteiger charge is 1.96. The lowest BCUT2D eigenvalue weighted by molar-refractivity contribution is 0.689. The Labute approximate surface area is 85.9 Å². The van der Waals surface area contributed by atoms with Gasteiger partial charge in [0.05, 0.1) is 0 Å². The molecule has 2 N–H and O–H groups in total. The van der Waals surface area contributed by atoms with Gasteiger partial charge in [0.15, 0.2) is 0 Å². The van der Waals surface area contributed by atoms with Crippen molar-refractivity contribution in [3.8, 4) is 0 Å². The molecule has 0 aromatic carbocycles. The van der Waals surface area contributed by atoms with Crippen molar-refractivity contribution in [2.45, 2.75) is 20.8 Å². The molecule has 0 aliphatic heterocycles. The van der Waals surface area contributed by atoms with E-state index in [4.69, 9.17) is 0 Å². The highest BCUT2D eigenvalue weighted by Crippen LogP contribution is 2.11. The number of hydrogen-bond donors (Lipinski definition) is 2. The van der Waals surface area contributed by atoms with Gasteiger partial charge in [0, 0.05) is 31.0 Å². The van der Waals surface area contributed by atoms with E-state index in [1.807, 2.05) is 18.3 Å². The predicted octanol–water partition coefficient (Wildman–Crippen LogP) is 2.58. The maximum atomic E-state index is 4.21. The van der Waals surface area contributed by atoms with Gasteiger partial charge in [-0.05, 0) is 18.9 Å². The summed E-state index contributed by atoms with van der Waals surface area (Å²) in [7, 11) is 0. The smallest absolute Gasteiger partial charge is 0.127 e. The Hall–Kier alpha value is -1.25. The van der Waals surface area contributed by atoms with E-state index in [9.17, 15) is 0 Å². The number of nitrogens with zero attached hydrogens (tertiary/aromatic N) is 1. The minimum atomic E-state index is 0.658. The molecule has 0 fully saturated rings. The van der Waals surface area contributed by atoms with Crippen molar-refractivity contribution in [3.63, 3.8) is 0 Å². The standard InChI is InChI=1S/C11H19N3/c1-4-12-11-7-10(5-6-13-11)14-8-9(2)3/h5-7,9H,4,8H2,1-3H3,(H2,12,13,14). The van der Waals surface area contributed by atoms with E-state index in [1.54, 1.807) is 0 Å². The van der Waals surface area contributed by atoms with E-state index in [2.05, 4.69) is 36.4 Å². The Morgan fingerprint density at radius 3 is 2.79 bits per heavy atom. The molecule has 1 rings (SSSR count). The lowest BCUT2D eigenvalue weighted by Crippen LogP contribution is -2.08. The zero-order valence-corrected chi connectivity index (χ0v) is 9.17. The van der Waals surface area contributed by atoms with Crippen LogP contribution in [0.15, 0.2) is 18.3 Å². The van der Waals surface area contributed by atoms with Crippen LogP contribution in [0.2, 0.25) is 0 Å². The van der Waals surface area contributed by atoms with E-state index in [0.29, 0.717) is 5.92 Å². The van der Waals surface area contributed by atoms with Crippen LogP contribution in [0, 0.1) is 5.92 Å². The van der Waals surface area contributed by atoms with E-state index < -0.39 is 0 Å². The lowest BCUT2D eigenvalue weighted by Gasteiger charge is -2.10. The number of pyridine rings is 1. The second-order valence-corrected chi connectivity index (χ2v) is 3.73. The van der Waals surface area contributed by atoms with Crippen LogP contribution in [0.5, 0.6) is 0 Å². The predicted molar refractivity (Wildman–Crippen MR) is 61.7 cm³/mol. The molecule has 0 bridgehead atoms. The fraction of sp³-hybridized carbons (Fsp3) is 0.545. The molecule has 0 aliphatic carbocycles. The molecular weight excluding hydrogens is 174 g/mol. The molecule has 1 aromatic heterocycles. The summed E-state index contributed by atoms with van der Waals surface area (Å²) < 4.78 is 0. The summed E-state index contributed by atoms with van der Waals surface area (Å²) in [6.45, 7) is 8.35. The van der Waals surface area contributed by atoms with Gasteiger partial charge in [-0.1, -0.05) is 13.8 Å². The van der Waals surface area contributed by atoms with Gasteiger partial charge in [-0.25, -0.2) is 4.98 Å². The Morgan fingerprint density at radius 1 is 1.36 bits per heavy atom. The molecule has 0 spiro atoms. The third-order valence-corrected chi connectivity index (χ3v) is 1.83. The largest absolute Gasteiger partial charge is 0.385 e. The summed E-state index contributed by atoms with van der Waals surface area (Å²) in [5, 5.41) is 6.55. The summed E-state index contributed by atoms with van der Waals surface area (Å²) in [4.78, 5) is 4.21. The second-order valence-electron chi connectivity index (χ2n) is 3.73. The molecule has 0 saturated heterocycles. The molecular formula is C11H19N3. The van der Waals surface area contributed by atoms with E-state index in [0.717, 1.165) is 24.6 Å². The summed E-state index contributed by atoms with van der Waals surface area (Å²) in [6.07, 6.45) is 1.82. The van der Waals surface area contributed by atoms with Crippen LogP contribution in [0.4, 0.5) is 11.5 Å². The van der Waals surface area contributed by atoms with Gasteiger partial charge < -0.3 is 10.6 Å². The molecule has 0 atom stereocenters. The quantitative estimate of drug-likeness (QED) is 0.754. The number of anilines is 2. The van der Waals surface area contributed by atoms with Gasteiger partial charge in [0.1, 0.15) is 5.82 Å². The molecule has 3 nitrogen and oxygen atoms in total. The van der Waals surface area contributed by atoms with Crippen molar-refractivity contribution in [1.82, 2.24) is 4.98 Å². The fourth-order valence-electron chi connectivity index (χ4n) is 1.14. The lowest BCUT2D eigenvalue weighted by atomic mass is 10.2. The van der Waals surface area contributed by atoms with Crippen molar-refractivity contribution < 1.29 is 0 Å². The van der Waals surface area contributed by atoms with Gasteiger partial charge in [0.2, 0.25) is 0 Å². The number of rotatable bonds is 5. The highest BCUT2D eigenvalue weighted by atomic mass is 15.0. The first-order valence-electron chi connectivity index (χ1n) is 5.16. The van der Waals surface area contributed by atoms with Crippen molar-refractivity contribution in [2.24, 2.45) is 5.92 Å². The average molecular weight is 193 g/mol. The minimum absolute atomic E-state index is 0.658. The number of nitrogens with one attached hydrogen (secondary N) is 2. The van der Waals surface area contributed by atoms with Gasteiger partial charge in [-0.3, -0.25) is 0 Å². The number of hydrogen-bond acceptors (Lipinski definition) is 3. The van der Waals surface area contributed by atoms with Crippen LogP contribution in [0.1, 0.15) is 20.8 Å². The van der Waals surface area contributed by atoms with Crippen LogP contribution in [0.3, 0.4) is 0 Å². The van der Waals surface area contributed by atoms with Crippen molar-refractivity contribution in [3.05, 3.63) is 18.3 Å². The van der Waals surface area contributed by atoms with Crippen LogP contribution < -0.4 is 10.6 Å². The van der Waals surface area contributed by atoms with Crippen molar-refractivity contribution >= 4 is 11.5 Å². The Kier molecular flexibility index (Phi) is 4.23. The number of aromatic nitrogens is 1. The Bertz CT molecular complexity index is 271. The molecule has 0 saturated carbocycles. The third-order valence-electron chi connectivity index (χ3n) is 1.83. The van der Waals surface area contributed by atoms with Crippen LogP contribution in [-0.2, 0) is 0 Å². The molecule has 78 valence electrons. The summed E-state index contributed by atoms with van der Waals surface area (Å²) in [5.74, 6) is 1.59. The van der Waals surface area contributed by atoms with Gasteiger partial charge >= 0.3 is 0 Å². The first-order chi connectivity index (χ1) is 6.72. The summed E-state index contributed by atoms with van der Waals surface area (Å²) in [5.41, 5.74) is 1.13. The SMILES string of the molecule is CCNc1cc(NCC(C)C)ccn1. The summed E-state index contributed by atoms with van der Waals surface area (Å²) in [6, 6.07) is 4.02. The molecule has 1 heterocycles.